The minimum Gasteiger partial charge on any atom is -0.493 e. The summed E-state index contributed by atoms with van der Waals surface area (Å²) in [7, 11) is 1.44. The maximum Gasteiger partial charge on any atom is 0.453 e. The standard InChI is InChI=1S/C30H31F3N6O.CH4/c1-40-26-16-15-25(21-7-3-2-4-8-21)35-27(26)39-29(36-28(37-39)30(31,32)33)34-23-12-9-20-10-13-24(14-11-22(20)19-23)38-17-5-6-18-38;/h2-4,7-9,12,15-16,19,24H,5-6,10-11,13-14,17-18H2,1H3,(H,34,36,37);1H4. The number of rotatable bonds is 6. The largest absolute Gasteiger partial charge is 0.493 e. The second-order valence-electron chi connectivity index (χ2n) is 10.3. The van der Waals surface area contributed by atoms with Crippen molar-refractivity contribution >= 4 is 11.6 Å². The molecule has 4 aromatic rings. The van der Waals surface area contributed by atoms with E-state index in [1.165, 1.54) is 44.2 Å². The third-order valence-electron chi connectivity index (χ3n) is 7.80. The first-order valence-electron chi connectivity index (χ1n) is 13.7. The first kappa shape index (κ1) is 28.6. The maximum absolute atomic E-state index is 13.8. The molecule has 1 unspecified atom stereocenters. The predicted octanol–water partition coefficient (Wildman–Crippen LogP) is 7.08. The number of pyridine rings is 1. The van der Waals surface area contributed by atoms with Crippen molar-refractivity contribution in [2.75, 3.05) is 25.5 Å². The van der Waals surface area contributed by atoms with Crippen LogP contribution >= 0.6 is 0 Å². The number of aromatic nitrogens is 4. The summed E-state index contributed by atoms with van der Waals surface area (Å²) in [5, 5.41) is 6.91. The van der Waals surface area contributed by atoms with Gasteiger partial charge in [0.15, 0.2) is 11.6 Å². The lowest BCUT2D eigenvalue weighted by molar-refractivity contribution is -0.144. The third-order valence-corrected chi connectivity index (χ3v) is 7.80. The van der Waals surface area contributed by atoms with Gasteiger partial charge in [0.1, 0.15) is 0 Å². The summed E-state index contributed by atoms with van der Waals surface area (Å²) in [5.41, 5.74) is 4.55. The quantitative estimate of drug-likeness (QED) is 0.253. The summed E-state index contributed by atoms with van der Waals surface area (Å²) < 4.78 is 47.9. The van der Waals surface area contributed by atoms with E-state index in [0.717, 1.165) is 35.9 Å². The number of likely N-dealkylation sites (tertiary alicyclic amines) is 1. The fraction of sp³-hybridized carbons (Fsp3) is 0.387. The molecule has 216 valence electrons. The van der Waals surface area contributed by atoms with Gasteiger partial charge in [0, 0.05) is 17.3 Å². The SMILES string of the molecule is C.COc1ccc(-c2ccccc2)nc1-n1nc(C(F)(F)F)nc1Nc1ccc2c(c1)CCC(N1CCCC1)CC2. The highest BCUT2D eigenvalue weighted by Gasteiger charge is 2.38. The maximum atomic E-state index is 13.8. The lowest BCUT2D eigenvalue weighted by atomic mass is 10.0. The van der Waals surface area contributed by atoms with Crippen LogP contribution < -0.4 is 10.1 Å². The van der Waals surface area contributed by atoms with Crippen LogP contribution in [0.2, 0.25) is 0 Å². The number of methoxy groups -OCH3 is 1. The van der Waals surface area contributed by atoms with Crippen molar-refractivity contribution in [3.05, 3.63) is 77.6 Å². The fourth-order valence-electron chi connectivity index (χ4n) is 5.75. The Labute approximate surface area is 238 Å². The van der Waals surface area contributed by atoms with Gasteiger partial charge < -0.3 is 15.0 Å². The summed E-state index contributed by atoms with van der Waals surface area (Å²) in [6.45, 7) is 2.35. The summed E-state index contributed by atoms with van der Waals surface area (Å²) >= 11 is 0. The Morgan fingerprint density at radius 1 is 0.902 bits per heavy atom. The molecule has 6 rings (SSSR count). The number of fused-ring (bicyclic) bond motifs is 1. The minimum absolute atomic E-state index is 0. The van der Waals surface area contributed by atoms with Crippen LogP contribution in [-0.4, -0.2) is 50.9 Å². The topological polar surface area (TPSA) is 68.1 Å². The molecule has 0 radical (unpaired) electrons. The van der Waals surface area contributed by atoms with E-state index < -0.39 is 12.0 Å². The normalized spacial score (nSPS) is 17.4. The zero-order valence-corrected chi connectivity index (χ0v) is 22.3. The van der Waals surface area contributed by atoms with Gasteiger partial charge in [-0.25, -0.2) is 4.98 Å². The highest BCUT2D eigenvalue weighted by molar-refractivity contribution is 5.64. The number of halogens is 3. The minimum atomic E-state index is -4.73. The molecule has 0 spiro atoms. The molecular weight excluding hydrogens is 529 g/mol. The lowest BCUT2D eigenvalue weighted by Gasteiger charge is -2.25. The van der Waals surface area contributed by atoms with Crippen LogP contribution in [-0.2, 0) is 19.0 Å². The van der Waals surface area contributed by atoms with Crippen LogP contribution in [0.5, 0.6) is 5.75 Å². The molecule has 1 N–H and O–H groups in total. The molecule has 1 saturated heterocycles. The van der Waals surface area contributed by atoms with Gasteiger partial charge in [-0.3, -0.25) is 0 Å². The molecular formula is C31H35F3N6O. The molecule has 1 aliphatic carbocycles. The smallest absolute Gasteiger partial charge is 0.453 e. The molecule has 41 heavy (non-hydrogen) atoms. The Bertz CT molecular complexity index is 1480. The second-order valence-corrected chi connectivity index (χ2v) is 10.3. The van der Waals surface area contributed by atoms with Gasteiger partial charge in [-0.15, -0.1) is 5.10 Å². The second kappa shape index (κ2) is 11.9. The Morgan fingerprint density at radius 3 is 2.34 bits per heavy atom. The van der Waals surface area contributed by atoms with Crippen molar-refractivity contribution in [1.82, 2.24) is 24.6 Å². The number of aryl methyl sites for hydroxylation is 2. The molecule has 0 bridgehead atoms. The van der Waals surface area contributed by atoms with E-state index in [1.54, 1.807) is 12.1 Å². The lowest BCUT2D eigenvalue weighted by Crippen LogP contribution is -2.32. The fourth-order valence-corrected chi connectivity index (χ4v) is 5.75. The number of benzene rings is 2. The van der Waals surface area contributed by atoms with Crippen LogP contribution in [0.15, 0.2) is 60.7 Å². The Kier molecular flexibility index (Phi) is 8.30. The van der Waals surface area contributed by atoms with Gasteiger partial charge in [-0.05, 0) is 87.0 Å². The van der Waals surface area contributed by atoms with E-state index in [1.807, 2.05) is 42.5 Å². The Balaban J connectivity index is 0.00000337. The van der Waals surface area contributed by atoms with Gasteiger partial charge in [0.05, 0.1) is 12.8 Å². The summed E-state index contributed by atoms with van der Waals surface area (Å²) in [6.07, 6.45) is 1.95. The van der Waals surface area contributed by atoms with Gasteiger partial charge in [0.25, 0.3) is 5.82 Å². The van der Waals surface area contributed by atoms with E-state index in [2.05, 4.69) is 31.3 Å². The van der Waals surface area contributed by atoms with E-state index >= 15 is 0 Å². The number of nitrogens with zero attached hydrogens (tertiary/aromatic N) is 5. The van der Waals surface area contributed by atoms with Crippen molar-refractivity contribution < 1.29 is 17.9 Å². The van der Waals surface area contributed by atoms with Gasteiger partial charge in [0.2, 0.25) is 5.95 Å². The molecule has 2 aromatic carbocycles. The molecule has 3 heterocycles. The summed E-state index contributed by atoms with van der Waals surface area (Å²) in [5.74, 6) is -0.965. The monoisotopic (exact) mass is 564 g/mol. The van der Waals surface area contributed by atoms with E-state index in [0.29, 0.717) is 17.4 Å². The molecule has 1 aliphatic heterocycles. The van der Waals surface area contributed by atoms with Crippen molar-refractivity contribution in [2.45, 2.75) is 58.2 Å². The average molecular weight is 565 g/mol. The Morgan fingerprint density at radius 2 is 1.63 bits per heavy atom. The number of anilines is 2. The van der Waals surface area contributed by atoms with E-state index in [9.17, 15) is 13.2 Å². The van der Waals surface area contributed by atoms with Crippen molar-refractivity contribution in [3.63, 3.8) is 0 Å². The zero-order valence-electron chi connectivity index (χ0n) is 22.3. The average Bonchev–Trinajstić information content (AvgIpc) is 3.60. The van der Waals surface area contributed by atoms with Crippen LogP contribution in [0.25, 0.3) is 17.1 Å². The first-order valence-corrected chi connectivity index (χ1v) is 13.7. The Hall–Kier alpha value is -3.92. The highest BCUT2D eigenvalue weighted by Crippen LogP contribution is 2.34. The summed E-state index contributed by atoms with van der Waals surface area (Å²) in [4.78, 5) is 11.1. The van der Waals surface area contributed by atoms with E-state index in [-0.39, 0.29) is 24.9 Å². The van der Waals surface area contributed by atoms with Crippen molar-refractivity contribution in [3.8, 4) is 22.8 Å². The van der Waals surface area contributed by atoms with Crippen LogP contribution in [0.1, 0.15) is 50.1 Å². The molecule has 10 heteroatoms. The number of alkyl halides is 3. The summed E-state index contributed by atoms with van der Waals surface area (Å²) in [6, 6.07) is 19.4. The molecule has 2 aliphatic rings. The number of hydrogen-bond donors (Lipinski definition) is 1. The van der Waals surface area contributed by atoms with Gasteiger partial charge in [-0.1, -0.05) is 43.8 Å². The van der Waals surface area contributed by atoms with Crippen LogP contribution in [0.3, 0.4) is 0 Å². The van der Waals surface area contributed by atoms with Crippen molar-refractivity contribution in [1.29, 1.82) is 0 Å². The molecule has 1 fully saturated rings. The van der Waals surface area contributed by atoms with Gasteiger partial charge >= 0.3 is 6.18 Å². The van der Waals surface area contributed by atoms with Crippen LogP contribution in [0.4, 0.5) is 24.8 Å². The predicted molar refractivity (Wildman–Crippen MR) is 154 cm³/mol. The van der Waals surface area contributed by atoms with E-state index in [4.69, 9.17) is 4.74 Å². The molecule has 0 saturated carbocycles. The van der Waals surface area contributed by atoms with Crippen molar-refractivity contribution in [2.24, 2.45) is 0 Å². The molecule has 7 nitrogen and oxygen atoms in total. The number of nitrogens with one attached hydrogen (secondary N) is 1. The number of ether oxygens (including phenoxy) is 1. The molecule has 1 atom stereocenters. The third kappa shape index (κ3) is 6.07. The molecule has 0 amide bonds. The number of hydrogen-bond acceptors (Lipinski definition) is 6. The molecule has 2 aromatic heterocycles. The zero-order chi connectivity index (χ0) is 27.7. The highest BCUT2D eigenvalue weighted by atomic mass is 19.4. The first-order chi connectivity index (χ1) is 19.4. The van der Waals surface area contributed by atoms with Crippen LogP contribution in [0, 0.1) is 0 Å². The van der Waals surface area contributed by atoms with Gasteiger partial charge in [-0.2, -0.15) is 22.8 Å².